The van der Waals surface area contributed by atoms with Crippen molar-refractivity contribution >= 4 is 5.91 Å². The lowest BCUT2D eigenvalue weighted by molar-refractivity contribution is -0.135. The van der Waals surface area contributed by atoms with Gasteiger partial charge >= 0.3 is 0 Å². The van der Waals surface area contributed by atoms with Crippen LogP contribution < -0.4 is 0 Å². The van der Waals surface area contributed by atoms with Crippen molar-refractivity contribution in [3.8, 4) is 0 Å². The normalized spacial score (nSPS) is 21.2. The second-order valence-electron chi connectivity index (χ2n) is 6.87. The molecule has 1 amide bonds. The average Bonchev–Trinajstić information content (AvgIpc) is 3.16. The Kier molecular flexibility index (Phi) is 4.78. The van der Waals surface area contributed by atoms with E-state index in [9.17, 15) is 4.79 Å². The van der Waals surface area contributed by atoms with Crippen molar-refractivity contribution in [2.45, 2.75) is 59.4 Å². The molecule has 1 aliphatic rings. The van der Waals surface area contributed by atoms with Crippen LogP contribution in [0.5, 0.6) is 0 Å². The van der Waals surface area contributed by atoms with E-state index in [4.69, 9.17) is 8.94 Å². The molecule has 0 radical (unpaired) electrons. The lowest BCUT2D eigenvalue weighted by Crippen LogP contribution is -2.41. The highest BCUT2D eigenvalue weighted by Gasteiger charge is 2.33. The standard InChI is InChI=1S/C19H26N2O3/c1-5-15-6-7-18(23-15)17-10-12(2)8-9-21(17)19(22)11-16-13(3)20-24-14(16)4/h6-7,12,17H,5,8-11H2,1-4H3/t12-,17-/m1/s1. The molecule has 0 aromatic carbocycles. The third-order valence-electron chi connectivity index (χ3n) is 5.05. The van der Waals surface area contributed by atoms with Gasteiger partial charge in [-0.15, -0.1) is 0 Å². The van der Waals surface area contributed by atoms with Gasteiger partial charge in [0.2, 0.25) is 5.91 Å². The first-order valence-corrected chi connectivity index (χ1v) is 8.79. The Morgan fingerprint density at radius 2 is 2.17 bits per heavy atom. The molecule has 1 saturated heterocycles. The van der Waals surface area contributed by atoms with Crippen LogP contribution in [0.4, 0.5) is 0 Å². The number of piperidine rings is 1. The molecule has 0 unspecified atom stereocenters. The molecule has 3 heterocycles. The van der Waals surface area contributed by atoms with Gasteiger partial charge in [-0.1, -0.05) is 19.0 Å². The zero-order valence-corrected chi connectivity index (χ0v) is 15.0. The van der Waals surface area contributed by atoms with Crippen LogP contribution in [0, 0.1) is 19.8 Å². The predicted octanol–water partition coefficient (Wildman–Crippen LogP) is 3.99. The second-order valence-corrected chi connectivity index (χ2v) is 6.87. The van der Waals surface area contributed by atoms with Gasteiger partial charge < -0.3 is 13.8 Å². The summed E-state index contributed by atoms with van der Waals surface area (Å²) in [6.07, 6.45) is 3.19. The molecular weight excluding hydrogens is 304 g/mol. The summed E-state index contributed by atoms with van der Waals surface area (Å²) in [5, 5.41) is 3.95. The minimum absolute atomic E-state index is 0.0297. The Morgan fingerprint density at radius 3 is 2.79 bits per heavy atom. The van der Waals surface area contributed by atoms with Gasteiger partial charge in [-0.2, -0.15) is 0 Å². The Balaban J connectivity index is 1.82. The topological polar surface area (TPSA) is 59.5 Å². The Hall–Kier alpha value is -2.04. The van der Waals surface area contributed by atoms with Crippen LogP contribution in [0.2, 0.25) is 0 Å². The fourth-order valence-electron chi connectivity index (χ4n) is 3.48. The number of furan rings is 1. The lowest BCUT2D eigenvalue weighted by Gasteiger charge is -2.37. The molecule has 24 heavy (non-hydrogen) atoms. The number of likely N-dealkylation sites (tertiary alicyclic amines) is 1. The molecule has 0 bridgehead atoms. The Labute approximate surface area is 143 Å². The van der Waals surface area contributed by atoms with E-state index in [2.05, 4.69) is 19.0 Å². The molecule has 1 fully saturated rings. The first-order valence-electron chi connectivity index (χ1n) is 8.79. The number of aromatic nitrogens is 1. The van der Waals surface area contributed by atoms with Crippen molar-refractivity contribution in [1.82, 2.24) is 10.1 Å². The highest BCUT2D eigenvalue weighted by Crippen LogP contribution is 2.35. The summed E-state index contributed by atoms with van der Waals surface area (Å²) in [5.74, 6) is 3.32. The van der Waals surface area contributed by atoms with E-state index in [1.165, 1.54) is 0 Å². The molecule has 2 aromatic rings. The van der Waals surface area contributed by atoms with Crippen molar-refractivity contribution in [1.29, 1.82) is 0 Å². The molecule has 3 rings (SSSR count). The quantitative estimate of drug-likeness (QED) is 0.850. The molecule has 1 aliphatic heterocycles. The maximum atomic E-state index is 13.0. The maximum Gasteiger partial charge on any atom is 0.227 e. The summed E-state index contributed by atoms with van der Waals surface area (Å²) in [6, 6.07) is 4.07. The molecule has 5 nitrogen and oxygen atoms in total. The highest BCUT2D eigenvalue weighted by atomic mass is 16.5. The zero-order chi connectivity index (χ0) is 17.3. The number of rotatable bonds is 4. The Morgan fingerprint density at radius 1 is 1.38 bits per heavy atom. The monoisotopic (exact) mass is 330 g/mol. The molecule has 0 aliphatic carbocycles. The van der Waals surface area contributed by atoms with E-state index >= 15 is 0 Å². The highest BCUT2D eigenvalue weighted by molar-refractivity contribution is 5.79. The number of hydrogen-bond donors (Lipinski definition) is 0. The second kappa shape index (κ2) is 6.83. The van der Waals surface area contributed by atoms with E-state index in [1.807, 2.05) is 30.9 Å². The number of carbonyl (C=O) groups excluding carboxylic acids is 1. The van der Waals surface area contributed by atoms with Crippen molar-refractivity contribution in [3.63, 3.8) is 0 Å². The minimum Gasteiger partial charge on any atom is -0.464 e. The average molecular weight is 330 g/mol. The number of aryl methyl sites for hydroxylation is 3. The van der Waals surface area contributed by atoms with Gasteiger partial charge in [-0.25, -0.2) is 0 Å². The third-order valence-corrected chi connectivity index (χ3v) is 5.05. The molecule has 0 saturated carbocycles. The largest absolute Gasteiger partial charge is 0.464 e. The van der Waals surface area contributed by atoms with Crippen molar-refractivity contribution in [3.05, 3.63) is 40.7 Å². The first-order chi connectivity index (χ1) is 11.5. The molecule has 5 heteroatoms. The Bertz CT molecular complexity index is 697. The third kappa shape index (κ3) is 3.25. The number of carbonyl (C=O) groups is 1. The van der Waals surface area contributed by atoms with E-state index in [0.717, 1.165) is 54.3 Å². The van der Waals surface area contributed by atoms with Gasteiger partial charge in [0.1, 0.15) is 17.3 Å². The molecule has 0 N–H and O–H groups in total. The molecule has 2 atom stereocenters. The van der Waals surface area contributed by atoms with Gasteiger partial charge in [0, 0.05) is 18.5 Å². The van der Waals surface area contributed by atoms with Crippen LogP contribution >= 0.6 is 0 Å². The predicted molar refractivity (Wildman–Crippen MR) is 90.6 cm³/mol. The van der Waals surface area contributed by atoms with E-state index in [0.29, 0.717) is 12.3 Å². The van der Waals surface area contributed by atoms with Gasteiger partial charge in [0.25, 0.3) is 0 Å². The SMILES string of the molecule is CCc1ccc([C@H]2C[C@H](C)CCN2C(=O)Cc2c(C)noc2C)o1. The summed E-state index contributed by atoms with van der Waals surface area (Å²) in [6.45, 7) is 8.84. The van der Waals surface area contributed by atoms with Crippen LogP contribution in [0.15, 0.2) is 21.1 Å². The van der Waals surface area contributed by atoms with Gasteiger partial charge in [-0.3, -0.25) is 4.79 Å². The van der Waals surface area contributed by atoms with Gasteiger partial charge in [0.05, 0.1) is 18.2 Å². The smallest absolute Gasteiger partial charge is 0.227 e. The first kappa shape index (κ1) is 16.8. The minimum atomic E-state index is 0.0297. The van der Waals surface area contributed by atoms with E-state index < -0.39 is 0 Å². The summed E-state index contributed by atoms with van der Waals surface area (Å²) in [4.78, 5) is 14.9. The van der Waals surface area contributed by atoms with Crippen LogP contribution in [0.3, 0.4) is 0 Å². The van der Waals surface area contributed by atoms with Gasteiger partial charge in [0.15, 0.2) is 0 Å². The fourth-order valence-corrected chi connectivity index (χ4v) is 3.48. The number of hydrogen-bond acceptors (Lipinski definition) is 4. The summed E-state index contributed by atoms with van der Waals surface area (Å²) >= 11 is 0. The van der Waals surface area contributed by atoms with Crippen molar-refractivity contribution < 1.29 is 13.7 Å². The zero-order valence-electron chi connectivity index (χ0n) is 15.0. The number of amides is 1. The number of nitrogens with zero attached hydrogens (tertiary/aromatic N) is 2. The van der Waals surface area contributed by atoms with Crippen LogP contribution in [-0.4, -0.2) is 22.5 Å². The van der Waals surface area contributed by atoms with Crippen molar-refractivity contribution in [2.24, 2.45) is 5.92 Å². The maximum absolute atomic E-state index is 13.0. The van der Waals surface area contributed by atoms with Crippen molar-refractivity contribution in [2.75, 3.05) is 6.54 Å². The van der Waals surface area contributed by atoms with Gasteiger partial charge in [-0.05, 0) is 44.7 Å². The molecule has 130 valence electrons. The summed E-state index contributed by atoms with van der Waals surface area (Å²) in [5.41, 5.74) is 1.71. The van der Waals surface area contributed by atoms with Crippen LogP contribution in [0.25, 0.3) is 0 Å². The molecular formula is C19H26N2O3. The van der Waals surface area contributed by atoms with Crippen LogP contribution in [0.1, 0.15) is 61.3 Å². The van der Waals surface area contributed by atoms with E-state index in [1.54, 1.807) is 0 Å². The summed E-state index contributed by atoms with van der Waals surface area (Å²) < 4.78 is 11.1. The fraction of sp³-hybridized carbons (Fsp3) is 0.579. The van der Waals surface area contributed by atoms with Crippen LogP contribution in [-0.2, 0) is 17.6 Å². The summed E-state index contributed by atoms with van der Waals surface area (Å²) in [7, 11) is 0. The lowest BCUT2D eigenvalue weighted by atomic mass is 9.90. The molecule has 0 spiro atoms. The van der Waals surface area contributed by atoms with E-state index in [-0.39, 0.29) is 11.9 Å². The molecule has 2 aromatic heterocycles.